The van der Waals surface area contributed by atoms with Crippen LogP contribution in [0, 0.1) is 0 Å². The number of halogens is 1. The zero-order valence-electron chi connectivity index (χ0n) is 11.6. The number of methoxy groups -OCH3 is 1. The molecular formula is C14H21ClN2O3. The van der Waals surface area contributed by atoms with Gasteiger partial charge in [0, 0.05) is 12.6 Å². The minimum absolute atomic E-state index is 0. The number of hydrogen-bond donors (Lipinski definition) is 2. The first kappa shape index (κ1) is 16.6. The standard InChI is InChI=1S/C14H20N2O3.ClH/c1-18-12-6-2-3-7-13(12)19-10-14(17)16-9-11-5-4-8-15-11;/h2-3,6-7,11,15H,4-5,8-10H2,1H3,(H,16,17);1H. The number of carbonyl (C=O) groups is 1. The molecule has 1 aromatic rings. The van der Waals surface area contributed by atoms with Crippen LogP contribution in [0.2, 0.25) is 0 Å². The van der Waals surface area contributed by atoms with Gasteiger partial charge in [0.15, 0.2) is 18.1 Å². The molecule has 112 valence electrons. The Morgan fingerprint density at radius 3 is 2.80 bits per heavy atom. The number of nitrogens with one attached hydrogen (secondary N) is 2. The third kappa shape index (κ3) is 4.90. The van der Waals surface area contributed by atoms with E-state index in [0.717, 1.165) is 13.0 Å². The van der Waals surface area contributed by atoms with Crippen LogP contribution in [0.25, 0.3) is 0 Å². The zero-order valence-corrected chi connectivity index (χ0v) is 12.4. The summed E-state index contributed by atoms with van der Waals surface area (Å²) in [6, 6.07) is 7.69. The summed E-state index contributed by atoms with van der Waals surface area (Å²) in [5.74, 6) is 1.10. The van der Waals surface area contributed by atoms with E-state index in [1.165, 1.54) is 6.42 Å². The molecular weight excluding hydrogens is 280 g/mol. The maximum atomic E-state index is 11.7. The van der Waals surface area contributed by atoms with Crippen molar-refractivity contribution in [1.29, 1.82) is 0 Å². The number of para-hydroxylation sites is 2. The van der Waals surface area contributed by atoms with Crippen molar-refractivity contribution in [2.24, 2.45) is 0 Å². The third-order valence-electron chi connectivity index (χ3n) is 3.14. The first-order valence-electron chi connectivity index (χ1n) is 6.55. The van der Waals surface area contributed by atoms with Crippen molar-refractivity contribution in [3.8, 4) is 11.5 Å². The highest BCUT2D eigenvalue weighted by molar-refractivity contribution is 5.85. The van der Waals surface area contributed by atoms with Crippen molar-refractivity contribution in [2.75, 3.05) is 26.8 Å². The lowest BCUT2D eigenvalue weighted by Gasteiger charge is -2.13. The normalized spacial score (nSPS) is 17.1. The summed E-state index contributed by atoms with van der Waals surface area (Å²) in [7, 11) is 1.58. The smallest absolute Gasteiger partial charge is 0.257 e. The Hall–Kier alpha value is -1.46. The van der Waals surface area contributed by atoms with E-state index in [1.807, 2.05) is 12.1 Å². The van der Waals surface area contributed by atoms with Gasteiger partial charge in [-0.1, -0.05) is 12.1 Å². The van der Waals surface area contributed by atoms with Crippen molar-refractivity contribution >= 4 is 18.3 Å². The summed E-state index contributed by atoms with van der Waals surface area (Å²) in [5, 5.41) is 6.19. The third-order valence-corrected chi connectivity index (χ3v) is 3.14. The molecule has 2 N–H and O–H groups in total. The Morgan fingerprint density at radius 1 is 1.40 bits per heavy atom. The van der Waals surface area contributed by atoms with Gasteiger partial charge in [-0.05, 0) is 31.5 Å². The summed E-state index contributed by atoms with van der Waals surface area (Å²) in [5.41, 5.74) is 0. The number of hydrogen-bond acceptors (Lipinski definition) is 4. The van der Waals surface area contributed by atoms with E-state index >= 15 is 0 Å². The molecule has 0 bridgehead atoms. The van der Waals surface area contributed by atoms with Gasteiger partial charge >= 0.3 is 0 Å². The molecule has 0 spiro atoms. The van der Waals surface area contributed by atoms with Gasteiger partial charge in [0.1, 0.15) is 0 Å². The second-order valence-corrected chi connectivity index (χ2v) is 4.54. The molecule has 1 aliphatic rings. The number of amides is 1. The zero-order chi connectivity index (χ0) is 13.5. The van der Waals surface area contributed by atoms with Crippen molar-refractivity contribution in [3.05, 3.63) is 24.3 Å². The lowest BCUT2D eigenvalue weighted by Crippen LogP contribution is -2.39. The summed E-state index contributed by atoms with van der Waals surface area (Å²) in [4.78, 5) is 11.7. The van der Waals surface area contributed by atoms with E-state index in [0.29, 0.717) is 24.1 Å². The fraction of sp³-hybridized carbons (Fsp3) is 0.500. The van der Waals surface area contributed by atoms with Crippen LogP contribution in [0.3, 0.4) is 0 Å². The molecule has 1 fully saturated rings. The number of ether oxygens (including phenoxy) is 2. The van der Waals surface area contributed by atoms with E-state index in [1.54, 1.807) is 19.2 Å². The maximum Gasteiger partial charge on any atom is 0.257 e. The van der Waals surface area contributed by atoms with Crippen LogP contribution in [-0.4, -0.2) is 38.8 Å². The first-order chi connectivity index (χ1) is 9.29. The van der Waals surface area contributed by atoms with Crippen LogP contribution >= 0.6 is 12.4 Å². The Morgan fingerprint density at radius 2 is 2.15 bits per heavy atom. The van der Waals surface area contributed by atoms with Gasteiger partial charge in [0.25, 0.3) is 5.91 Å². The molecule has 1 heterocycles. The summed E-state index contributed by atoms with van der Waals surface area (Å²) in [6.45, 7) is 1.71. The molecule has 6 heteroatoms. The lowest BCUT2D eigenvalue weighted by atomic mass is 10.2. The molecule has 0 aromatic heterocycles. The molecule has 0 saturated carbocycles. The topological polar surface area (TPSA) is 59.6 Å². The lowest BCUT2D eigenvalue weighted by molar-refractivity contribution is -0.123. The van der Waals surface area contributed by atoms with Gasteiger partial charge in [-0.2, -0.15) is 0 Å². The summed E-state index contributed by atoms with van der Waals surface area (Å²) in [6.07, 6.45) is 2.30. The minimum atomic E-state index is -0.111. The molecule has 1 saturated heterocycles. The van der Waals surface area contributed by atoms with Gasteiger partial charge in [0.2, 0.25) is 0 Å². The van der Waals surface area contributed by atoms with Crippen LogP contribution in [0.15, 0.2) is 24.3 Å². The number of rotatable bonds is 6. The Balaban J connectivity index is 0.00000200. The van der Waals surface area contributed by atoms with Crippen LogP contribution in [0.4, 0.5) is 0 Å². The molecule has 1 atom stereocenters. The molecule has 20 heavy (non-hydrogen) atoms. The molecule has 0 radical (unpaired) electrons. The highest BCUT2D eigenvalue weighted by atomic mass is 35.5. The number of benzene rings is 1. The Kier molecular flexibility index (Phi) is 7.18. The molecule has 1 amide bonds. The predicted octanol–water partition coefficient (Wildman–Crippen LogP) is 1.36. The van der Waals surface area contributed by atoms with E-state index in [4.69, 9.17) is 9.47 Å². The van der Waals surface area contributed by atoms with Crippen molar-refractivity contribution in [2.45, 2.75) is 18.9 Å². The molecule has 1 aliphatic heterocycles. The van der Waals surface area contributed by atoms with Crippen LogP contribution in [-0.2, 0) is 4.79 Å². The monoisotopic (exact) mass is 300 g/mol. The first-order valence-corrected chi connectivity index (χ1v) is 6.55. The fourth-order valence-corrected chi connectivity index (χ4v) is 2.10. The quantitative estimate of drug-likeness (QED) is 0.833. The fourth-order valence-electron chi connectivity index (χ4n) is 2.10. The Labute approximate surface area is 125 Å². The summed E-state index contributed by atoms with van der Waals surface area (Å²) < 4.78 is 10.6. The molecule has 1 unspecified atom stereocenters. The average molecular weight is 301 g/mol. The van der Waals surface area contributed by atoms with Gasteiger partial charge in [0.05, 0.1) is 7.11 Å². The molecule has 0 aliphatic carbocycles. The van der Waals surface area contributed by atoms with E-state index in [2.05, 4.69) is 10.6 Å². The van der Waals surface area contributed by atoms with Crippen molar-refractivity contribution in [3.63, 3.8) is 0 Å². The molecule has 1 aromatic carbocycles. The van der Waals surface area contributed by atoms with Gasteiger partial charge in [-0.3, -0.25) is 4.79 Å². The molecule has 5 nitrogen and oxygen atoms in total. The molecule has 2 rings (SSSR count). The van der Waals surface area contributed by atoms with Gasteiger partial charge in [-0.25, -0.2) is 0 Å². The second kappa shape index (κ2) is 8.66. The minimum Gasteiger partial charge on any atom is -0.493 e. The van der Waals surface area contributed by atoms with Crippen molar-refractivity contribution in [1.82, 2.24) is 10.6 Å². The van der Waals surface area contributed by atoms with E-state index in [9.17, 15) is 4.79 Å². The highest BCUT2D eigenvalue weighted by Crippen LogP contribution is 2.25. The van der Waals surface area contributed by atoms with Gasteiger partial charge < -0.3 is 20.1 Å². The number of carbonyl (C=O) groups excluding carboxylic acids is 1. The van der Waals surface area contributed by atoms with Crippen LogP contribution in [0.5, 0.6) is 11.5 Å². The predicted molar refractivity (Wildman–Crippen MR) is 79.8 cm³/mol. The summed E-state index contributed by atoms with van der Waals surface area (Å²) >= 11 is 0. The highest BCUT2D eigenvalue weighted by Gasteiger charge is 2.15. The second-order valence-electron chi connectivity index (χ2n) is 4.54. The van der Waals surface area contributed by atoms with Crippen molar-refractivity contribution < 1.29 is 14.3 Å². The SMILES string of the molecule is COc1ccccc1OCC(=O)NCC1CCCN1.Cl. The maximum absolute atomic E-state index is 11.7. The van der Waals surface area contributed by atoms with Crippen LogP contribution in [0.1, 0.15) is 12.8 Å². The van der Waals surface area contributed by atoms with E-state index in [-0.39, 0.29) is 24.9 Å². The van der Waals surface area contributed by atoms with Crippen LogP contribution < -0.4 is 20.1 Å². The Bertz CT molecular complexity index is 423. The van der Waals surface area contributed by atoms with Gasteiger partial charge in [-0.15, -0.1) is 12.4 Å². The largest absolute Gasteiger partial charge is 0.493 e. The average Bonchev–Trinajstić information content (AvgIpc) is 2.96. The van der Waals surface area contributed by atoms with E-state index < -0.39 is 0 Å².